The number of likely N-dealkylation sites (N-methyl/N-ethyl adjacent to an activating group) is 1. The molecule has 6 nitrogen and oxygen atoms in total. The van der Waals surface area contributed by atoms with Crippen molar-refractivity contribution < 1.29 is 19.5 Å². The van der Waals surface area contributed by atoms with Gasteiger partial charge in [0.1, 0.15) is 6.04 Å². The summed E-state index contributed by atoms with van der Waals surface area (Å²) in [5.74, 6) is -1.85. The van der Waals surface area contributed by atoms with E-state index in [-0.39, 0.29) is 23.0 Å². The Morgan fingerprint density at radius 2 is 1.71 bits per heavy atom. The molecule has 1 aromatic rings. The molecule has 0 bridgehead atoms. The number of hydrogen-bond donors (Lipinski definition) is 2. The van der Waals surface area contributed by atoms with Crippen LogP contribution in [0.5, 0.6) is 0 Å². The van der Waals surface area contributed by atoms with Gasteiger partial charge in [-0.3, -0.25) is 9.59 Å². The van der Waals surface area contributed by atoms with E-state index >= 15 is 0 Å². The summed E-state index contributed by atoms with van der Waals surface area (Å²) in [5, 5.41) is 11.6. The van der Waals surface area contributed by atoms with Crippen molar-refractivity contribution in [3.05, 3.63) is 35.4 Å². The Bertz CT molecular complexity index is 552. The Kier molecular flexibility index (Phi) is 5.46. The molecular weight excluding hydrogens is 272 g/mol. The van der Waals surface area contributed by atoms with Crippen LogP contribution in [0.15, 0.2) is 24.3 Å². The first-order valence-corrected chi connectivity index (χ1v) is 6.59. The Morgan fingerprint density at radius 3 is 2.19 bits per heavy atom. The number of nitrogens with one attached hydrogen (secondary N) is 1. The first kappa shape index (κ1) is 16.7. The van der Waals surface area contributed by atoms with Gasteiger partial charge in [0.05, 0.1) is 5.56 Å². The predicted molar refractivity (Wildman–Crippen MR) is 78.2 cm³/mol. The van der Waals surface area contributed by atoms with E-state index in [1.807, 2.05) is 13.8 Å². The summed E-state index contributed by atoms with van der Waals surface area (Å²) in [6.07, 6.45) is 0. The number of carboxylic acid groups (broad SMARTS) is 1. The van der Waals surface area contributed by atoms with Crippen molar-refractivity contribution in [1.82, 2.24) is 10.2 Å². The van der Waals surface area contributed by atoms with Gasteiger partial charge >= 0.3 is 5.97 Å². The molecule has 0 fully saturated rings. The van der Waals surface area contributed by atoms with Crippen molar-refractivity contribution in [3.8, 4) is 0 Å². The molecule has 0 saturated carbocycles. The molecule has 1 atom stereocenters. The van der Waals surface area contributed by atoms with E-state index in [9.17, 15) is 14.4 Å². The number of rotatable bonds is 5. The van der Waals surface area contributed by atoms with E-state index in [2.05, 4.69) is 5.32 Å². The molecule has 0 aromatic heterocycles. The normalized spacial score (nSPS) is 11.9. The minimum Gasteiger partial charge on any atom is -0.478 e. The van der Waals surface area contributed by atoms with Gasteiger partial charge in [0.15, 0.2) is 0 Å². The average molecular weight is 292 g/mol. The van der Waals surface area contributed by atoms with Crippen molar-refractivity contribution in [2.45, 2.75) is 19.9 Å². The molecule has 0 aliphatic rings. The lowest BCUT2D eigenvalue weighted by Crippen LogP contribution is -2.49. The second-order valence-electron chi connectivity index (χ2n) is 5.31. The topological polar surface area (TPSA) is 86.7 Å². The zero-order chi connectivity index (χ0) is 16.2. The molecule has 0 heterocycles. The van der Waals surface area contributed by atoms with Crippen molar-refractivity contribution in [1.29, 1.82) is 0 Å². The van der Waals surface area contributed by atoms with Gasteiger partial charge in [0.2, 0.25) is 5.91 Å². The summed E-state index contributed by atoms with van der Waals surface area (Å²) in [6, 6.07) is 5.05. The number of carboxylic acids is 1. The first-order valence-electron chi connectivity index (χ1n) is 6.59. The molecule has 21 heavy (non-hydrogen) atoms. The van der Waals surface area contributed by atoms with Crippen LogP contribution in [0.2, 0.25) is 0 Å². The van der Waals surface area contributed by atoms with E-state index in [0.29, 0.717) is 0 Å². The molecule has 6 heteroatoms. The largest absolute Gasteiger partial charge is 0.478 e. The van der Waals surface area contributed by atoms with Gasteiger partial charge in [-0.05, 0) is 24.1 Å². The van der Waals surface area contributed by atoms with Crippen LogP contribution in [0.4, 0.5) is 0 Å². The zero-order valence-electron chi connectivity index (χ0n) is 12.6. The maximum absolute atomic E-state index is 12.2. The monoisotopic (exact) mass is 292 g/mol. The third-order valence-corrected chi connectivity index (χ3v) is 3.03. The van der Waals surface area contributed by atoms with Gasteiger partial charge in [-0.2, -0.15) is 0 Å². The van der Waals surface area contributed by atoms with Crippen molar-refractivity contribution in [2.24, 2.45) is 5.92 Å². The summed E-state index contributed by atoms with van der Waals surface area (Å²) in [6.45, 7) is 3.67. The van der Waals surface area contributed by atoms with Crippen molar-refractivity contribution in [2.75, 3.05) is 14.1 Å². The molecule has 1 rings (SSSR count). The number of hydrogen-bond acceptors (Lipinski definition) is 3. The van der Waals surface area contributed by atoms with E-state index in [1.165, 1.54) is 29.2 Å². The van der Waals surface area contributed by atoms with Crippen LogP contribution < -0.4 is 5.32 Å². The maximum atomic E-state index is 12.2. The third-order valence-electron chi connectivity index (χ3n) is 3.03. The van der Waals surface area contributed by atoms with Crippen LogP contribution in [0.1, 0.15) is 34.6 Å². The molecule has 2 N–H and O–H groups in total. The summed E-state index contributed by atoms with van der Waals surface area (Å²) < 4.78 is 0. The summed E-state index contributed by atoms with van der Waals surface area (Å²) in [5.41, 5.74) is 0.245. The fourth-order valence-corrected chi connectivity index (χ4v) is 1.81. The molecule has 0 aliphatic heterocycles. The molecule has 0 unspecified atom stereocenters. The lowest BCUT2D eigenvalue weighted by molar-refractivity contribution is -0.131. The Labute approximate surface area is 123 Å². The minimum atomic E-state index is -1.10. The van der Waals surface area contributed by atoms with Crippen LogP contribution >= 0.6 is 0 Å². The fraction of sp³-hybridized carbons (Fsp3) is 0.400. The molecule has 1 aromatic carbocycles. The van der Waals surface area contributed by atoms with Crippen molar-refractivity contribution in [3.63, 3.8) is 0 Å². The van der Waals surface area contributed by atoms with Crippen LogP contribution in [-0.2, 0) is 4.79 Å². The first-order chi connectivity index (χ1) is 9.73. The van der Waals surface area contributed by atoms with Crippen LogP contribution in [0.3, 0.4) is 0 Å². The molecule has 0 spiro atoms. The van der Waals surface area contributed by atoms with E-state index in [4.69, 9.17) is 5.11 Å². The van der Waals surface area contributed by atoms with Gasteiger partial charge in [-0.25, -0.2) is 4.79 Å². The second kappa shape index (κ2) is 6.88. The van der Waals surface area contributed by atoms with Crippen LogP contribution in [0.25, 0.3) is 0 Å². The molecule has 114 valence electrons. The molecular formula is C15H20N2O4. The number of carbonyl (C=O) groups is 3. The second-order valence-corrected chi connectivity index (χ2v) is 5.31. The quantitative estimate of drug-likeness (QED) is 0.854. The Balaban J connectivity index is 2.95. The molecule has 0 saturated heterocycles. The highest BCUT2D eigenvalue weighted by atomic mass is 16.4. The van der Waals surface area contributed by atoms with Gasteiger partial charge in [0, 0.05) is 19.7 Å². The number of benzene rings is 1. The standard InChI is InChI=1S/C15H20N2O4/c1-9(2)12(14(19)17(3)4)16-13(18)10-6-5-7-11(8-10)15(20)21/h5-9,12H,1-4H3,(H,16,18)(H,20,21)/t12-/m1/s1. The molecule has 0 radical (unpaired) electrons. The number of carbonyl (C=O) groups excluding carboxylic acids is 2. The van der Waals surface area contributed by atoms with Gasteiger partial charge in [-0.15, -0.1) is 0 Å². The lowest BCUT2D eigenvalue weighted by Gasteiger charge is -2.24. The third kappa shape index (κ3) is 4.30. The zero-order valence-corrected chi connectivity index (χ0v) is 12.6. The molecule has 0 aliphatic carbocycles. The smallest absolute Gasteiger partial charge is 0.335 e. The maximum Gasteiger partial charge on any atom is 0.335 e. The summed E-state index contributed by atoms with van der Waals surface area (Å²) >= 11 is 0. The molecule has 2 amide bonds. The van der Waals surface area contributed by atoms with Crippen molar-refractivity contribution >= 4 is 17.8 Å². The number of amides is 2. The predicted octanol–water partition coefficient (Wildman–Crippen LogP) is 1.23. The highest BCUT2D eigenvalue weighted by Crippen LogP contribution is 2.09. The highest BCUT2D eigenvalue weighted by molar-refractivity contribution is 5.99. The average Bonchev–Trinajstić information content (AvgIpc) is 2.43. The lowest BCUT2D eigenvalue weighted by atomic mass is 10.0. The van der Waals surface area contributed by atoms with E-state index in [0.717, 1.165) is 0 Å². The summed E-state index contributed by atoms with van der Waals surface area (Å²) in [4.78, 5) is 36.6. The van der Waals surface area contributed by atoms with Crippen LogP contribution in [-0.4, -0.2) is 47.9 Å². The van der Waals surface area contributed by atoms with E-state index in [1.54, 1.807) is 14.1 Å². The highest BCUT2D eigenvalue weighted by Gasteiger charge is 2.26. The van der Waals surface area contributed by atoms with Gasteiger partial charge in [-0.1, -0.05) is 19.9 Å². The fourth-order valence-electron chi connectivity index (χ4n) is 1.81. The van der Waals surface area contributed by atoms with Crippen LogP contribution in [0, 0.1) is 5.92 Å². The minimum absolute atomic E-state index is 0.0303. The van der Waals surface area contributed by atoms with Gasteiger partial charge in [0.25, 0.3) is 5.91 Å². The Morgan fingerprint density at radius 1 is 1.14 bits per heavy atom. The number of aromatic carboxylic acids is 1. The van der Waals surface area contributed by atoms with E-state index < -0.39 is 17.9 Å². The SMILES string of the molecule is CC(C)[C@@H](NC(=O)c1cccc(C(=O)O)c1)C(=O)N(C)C. The van der Waals surface area contributed by atoms with Gasteiger partial charge < -0.3 is 15.3 Å². The Hall–Kier alpha value is -2.37. The number of nitrogens with zero attached hydrogens (tertiary/aromatic N) is 1. The summed E-state index contributed by atoms with van der Waals surface area (Å²) in [7, 11) is 3.24.